The molecule has 1 aliphatic heterocycles. The number of nitrogens with one attached hydrogen (secondary N) is 1. The lowest BCUT2D eigenvalue weighted by Gasteiger charge is -2.14. The molecule has 28 heavy (non-hydrogen) atoms. The molecule has 0 saturated carbocycles. The molecule has 7 heteroatoms. The summed E-state index contributed by atoms with van der Waals surface area (Å²) in [7, 11) is 0. The van der Waals surface area contributed by atoms with E-state index in [4.69, 9.17) is 25.8 Å². The normalized spacial score (nSPS) is 12.2. The second kappa shape index (κ2) is 6.90. The number of benzene rings is 3. The fraction of sp³-hybridized carbons (Fsp3) is 0.0476. The topological polar surface area (TPSA) is 65.5 Å². The molecule has 0 spiro atoms. The number of hydrogen-bond donors (Lipinski definition) is 1. The number of ether oxygens (including phenoxy) is 3. The van der Waals surface area contributed by atoms with E-state index in [2.05, 4.69) is 15.3 Å². The van der Waals surface area contributed by atoms with Crippen LogP contribution in [0.2, 0.25) is 5.02 Å². The molecular weight excluding hydrogens is 378 g/mol. The van der Waals surface area contributed by atoms with Gasteiger partial charge >= 0.3 is 0 Å². The van der Waals surface area contributed by atoms with E-state index in [0.29, 0.717) is 33.8 Å². The van der Waals surface area contributed by atoms with Crippen molar-refractivity contribution in [3.63, 3.8) is 0 Å². The minimum Gasteiger partial charge on any atom is -0.457 e. The van der Waals surface area contributed by atoms with Crippen molar-refractivity contribution in [3.05, 3.63) is 72.0 Å². The van der Waals surface area contributed by atoms with Gasteiger partial charge in [0.15, 0.2) is 11.5 Å². The summed E-state index contributed by atoms with van der Waals surface area (Å²) in [6.07, 6.45) is 1.49. The lowest BCUT2D eigenvalue weighted by Crippen LogP contribution is -2.00. The monoisotopic (exact) mass is 391 g/mol. The Morgan fingerprint density at radius 2 is 1.82 bits per heavy atom. The molecule has 0 radical (unpaired) electrons. The van der Waals surface area contributed by atoms with Crippen LogP contribution in [0.25, 0.3) is 10.9 Å². The number of hydrogen-bond acceptors (Lipinski definition) is 6. The van der Waals surface area contributed by atoms with Crippen LogP contribution >= 0.6 is 11.6 Å². The second-order valence-corrected chi connectivity index (χ2v) is 6.48. The quantitative estimate of drug-likeness (QED) is 0.492. The molecule has 0 fully saturated rings. The maximum atomic E-state index is 6.41. The number of rotatable bonds is 4. The fourth-order valence-corrected chi connectivity index (χ4v) is 3.25. The average molecular weight is 392 g/mol. The molecule has 0 saturated heterocycles. The molecule has 6 nitrogen and oxygen atoms in total. The first kappa shape index (κ1) is 16.6. The van der Waals surface area contributed by atoms with Crippen molar-refractivity contribution in [2.75, 3.05) is 12.1 Å². The van der Waals surface area contributed by atoms with Gasteiger partial charge in [0.05, 0.1) is 15.9 Å². The molecule has 4 aromatic rings. The van der Waals surface area contributed by atoms with E-state index < -0.39 is 0 Å². The van der Waals surface area contributed by atoms with Crippen LogP contribution in [-0.2, 0) is 0 Å². The molecule has 0 aliphatic carbocycles. The molecule has 0 bridgehead atoms. The number of aromatic nitrogens is 2. The fourth-order valence-electron chi connectivity index (χ4n) is 3.06. The molecule has 5 rings (SSSR count). The highest BCUT2D eigenvalue weighted by molar-refractivity contribution is 6.34. The van der Waals surface area contributed by atoms with Crippen LogP contribution in [-0.4, -0.2) is 16.8 Å². The zero-order valence-electron chi connectivity index (χ0n) is 14.6. The van der Waals surface area contributed by atoms with E-state index in [0.717, 1.165) is 16.7 Å². The van der Waals surface area contributed by atoms with Gasteiger partial charge in [-0.1, -0.05) is 35.9 Å². The van der Waals surface area contributed by atoms with Crippen molar-refractivity contribution in [2.24, 2.45) is 0 Å². The molecule has 138 valence electrons. The summed E-state index contributed by atoms with van der Waals surface area (Å²) in [6.45, 7) is 0.150. The van der Waals surface area contributed by atoms with E-state index in [1.54, 1.807) is 12.1 Å². The van der Waals surface area contributed by atoms with Gasteiger partial charge in [0.25, 0.3) is 0 Å². The standard InChI is InChI=1S/C21H14ClN3O3/c22-14-9-10-17-20(27-12-26-17)19(14)25-21-18-15(23-11-24-21)7-4-8-16(18)28-13-5-2-1-3-6-13/h1-11H,12H2,(H,23,24,25). The highest BCUT2D eigenvalue weighted by Crippen LogP contribution is 2.45. The minimum atomic E-state index is 0.150. The zero-order chi connectivity index (χ0) is 18.9. The van der Waals surface area contributed by atoms with Gasteiger partial charge in [-0.05, 0) is 36.4 Å². The van der Waals surface area contributed by atoms with Gasteiger partial charge in [-0.15, -0.1) is 0 Å². The van der Waals surface area contributed by atoms with Crippen LogP contribution in [0, 0.1) is 0 Å². The Bertz CT molecular complexity index is 1160. The van der Waals surface area contributed by atoms with Gasteiger partial charge in [-0.2, -0.15) is 0 Å². The summed E-state index contributed by atoms with van der Waals surface area (Å²) in [5, 5.41) is 4.51. The van der Waals surface area contributed by atoms with Crippen molar-refractivity contribution in [1.29, 1.82) is 0 Å². The van der Waals surface area contributed by atoms with Gasteiger partial charge < -0.3 is 19.5 Å². The maximum Gasteiger partial charge on any atom is 0.231 e. The van der Waals surface area contributed by atoms with Crippen LogP contribution in [0.1, 0.15) is 0 Å². The number of halogens is 1. The van der Waals surface area contributed by atoms with Crippen molar-refractivity contribution >= 4 is 34.0 Å². The molecule has 0 unspecified atom stereocenters. The van der Waals surface area contributed by atoms with E-state index in [1.165, 1.54) is 6.33 Å². The molecule has 0 atom stereocenters. The summed E-state index contributed by atoms with van der Waals surface area (Å²) < 4.78 is 17.1. The summed E-state index contributed by atoms with van der Waals surface area (Å²) in [6, 6.07) is 18.7. The first-order chi connectivity index (χ1) is 13.8. The van der Waals surface area contributed by atoms with E-state index in [9.17, 15) is 0 Å². The first-order valence-electron chi connectivity index (χ1n) is 8.61. The smallest absolute Gasteiger partial charge is 0.231 e. The predicted molar refractivity (Wildman–Crippen MR) is 107 cm³/mol. The number of fused-ring (bicyclic) bond motifs is 2. The van der Waals surface area contributed by atoms with Crippen LogP contribution in [0.5, 0.6) is 23.0 Å². The molecule has 1 N–H and O–H groups in total. The SMILES string of the molecule is Clc1ccc2c(c1Nc1ncnc3cccc(Oc4ccccc4)c13)OCO2. The molecule has 3 aromatic carbocycles. The zero-order valence-corrected chi connectivity index (χ0v) is 15.3. The van der Waals surface area contributed by atoms with Crippen LogP contribution < -0.4 is 19.5 Å². The minimum absolute atomic E-state index is 0.150. The largest absolute Gasteiger partial charge is 0.457 e. The molecule has 1 aliphatic rings. The van der Waals surface area contributed by atoms with Crippen LogP contribution in [0.3, 0.4) is 0 Å². The number of nitrogens with zero attached hydrogens (tertiary/aromatic N) is 2. The number of anilines is 2. The Hall–Kier alpha value is -3.51. The predicted octanol–water partition coefficient (Wildman–Crippen LogP) is 5.55. The van der Waals surface area contributed by atoms with Crippen molar-refractivity contribution < 1.29 is 14.2 Å². The molecular formula is C21H14ClN3O3. The lowest BCUT2D eigenvalue weighted by atomic mass is 10.2. The van der Waals surface area contributed by atoms with Gasteiger partial charge in [-0.3, -0.25) is 0 Å². The molecule has 0 amide bonds. The third kappa shape index (κ3) is 2.93. The van der Waals surface area contributed by atoms with Crippen LogP contribution in [0.4, 0.5) is 11.5 Å². The molecule has 2 heterocycles. The third-order valence-corrected chi connectivity index (χ3v) is 4.64. The summed E-state index contributed by atoms with van der Waals surface area (Å²) >= 11 is 6.41. The van der Waals surface area contributed by atoms with Gasteiger partial charge in [-0.25, -0.2) is 9.97 Å². The van der Waals surface area contributed by atoms with E-state index >= 15 is 0 Å². The lowest BCUT2D eigenvalue weighted by molar-refractivity contribution is 0.174. The summed E-state index contributed by atoms with van der Waals surface area (Å²) in [5.74, 6) is 3.10. The van der Waals surface area contributed by atoms with E-state index in [1.807, 2.05) is 48.5 Å². The van der Waals surface area contributed by atoms with E-state index in [-0.39, 0.29) is 6.79 Å². The van der Waals surface area contributed by atoms with Crippen molar-refractivity contribution in [3.8, 4) is 23.0 Å². The Balaban J connectivity index is 1.62. The second-order valence-electron chi connectivity index (χ2n) is 6.07. The van der Waals surface area contributed by atoms with Gasteiger partial charge in [0, 0.05) is 0 Å². The van der Waals surface area contributed by atoms with Gasteiger partial charge in [0.2, 0.25) is 6.79 Å². The summed E-state index contributed by atoms with van der Waals surface area (Å²) in [4.78, 5) is 8.77. The van der Waals surface area contributed by atoms with Crippen molar-refractivity contribution in [1.82, 2.24) is 9.97 Å². The molecule has 1 aromatic heterocycles. The Labute approximate surface area is 165 Å². The average Bonchev–Trinajstić information content (AvgIpc) is 3.20. The Morgan fingerprint density at radius 1 is 0.929 bits per heavy atom. The highest BCUT2D eigenvalue weighted by atomic mass is 35.5. The third-order valence-electron chi connectivity index (χ3n) is 4.33. The first-order valence-corrected chi connectivity index (χ1v) is 8.99. The van der Waals surface area contributed by atoms with Gasteiger partial charge in [0.1, 0.15) is 29.3 Å². The number of para-hydroxylation sites is 1. The Kier molecular flexibility index (Phi) is 4.10. The van der Waals surface area contributed by atoms with Crippen molar-refractivity contribution in [2.45, 2.75) is 0 Å². The maximum absolute atomic E-state index is 6.41. The Morgan fingerprint density at radius 3 is 2.71 bits per heavy atom. The highest BCUT2D eigenvalue weighted by Gasteiger charge is 2.22. The summed E-state index contributed by atoms with van der Waals surface area (Å²) in [5.41, 5.74) is 1.33. The van der Waals surface area contributed by atoms with Crippen LogP contribution in [0.15, 0.2) is 67.0 Å².